The molecule has 3 rings (SSSR count). The van der Waals surface area contributed by atoms with Crippen LogP contribution in [0.15, 0.2) is 54.6 Å². The molecule has 1 atom stereocenters. The SMILES string of the molecule is COc1cc(C(=O)C[C@@](C)(N)c2cccc3ccccc23)cc(OC)c1OC.Cl. The summed E-state index contributed by atoms with van der Waals surface area (Å²) in [6.07, 6.45) is 0.139. The third-order valence-electron chi connectivity index (χ3n) is 4.92. The quantitative estimate of drug-likeness (QED) is 0.564. The molecule has 0 aliphatic heterocycles. The Kier molecular flexibility index (Phi) is 7.11. The van der Waals surface area contributed by atoms with Gasteiger partial charge in [-0.3, -0.25) is 4.79 Å². The van der Waals surface area contributed by atoms with E-state index in [1.54, 1.807) is 12.1 Å². The Labute approximate surface area is 177 Å². The number of ether oxygens (including phenoxy) is 3. The third-order valence-corrected chi connectivity index (χ3v) is 4.92. The first kappa shape index (κ1) is 22.5. The Bertz CT molecular complexity index is 986. The van der Waals surface area contributed by atoms with Crippen molar-refractivity contribution >= 4 is 29.0 Å². The normalized spacial score (nSPS) is 12.6. The van der Waals surface area contributed by atoms with Crippen molar-refractivity contribution in [1.29, 1.82) is 0 Å². The maximum Gasteiger partial charge on any atom is 0.203 e. The van der Waals surface area contributed by atoms with E-state index in [9.17, 15) is 4.79 Å². The van der Waals surface area contributed by atoms with Crippen molar-refractivity contribution in [3.8, 4) is 17.2 Å². The van der Waals surface area contributed by atoms with Crippen LogP contribution in [0.3, 0.4) is 0 Å². The van der Waals surface area contributed by atoms with Gasteiger partial charge < -0.3 is 19.9 Å². The molecule has 0 spiro atoms. The second-order valence-electron chi connectivity index (χ2n) is 6.96. The molecule has 0 heterocycles. The van der Waals surface area contributed by atoms with E-state index in [1.165, 1.54) is 21.3 Å². The fraction of sp³-hybridized carbons (Fsp3) is 0.261. The van der Waals surface area contributed by atoms with Crippen molar-refractivity contribution in [3.63, 3.8) is 0 Å². The van der Waals surface area contributed by atoms with Gasteiger partial charge >= 0.3 is 0 Å². The molecule has 6 heteroatoms. The van der Waals surface area contributed by atoms with Gasteiger partial charge in [0, 0.05) is 17.5 Å². The van der Waals surface area contributed by atoms with Crippen LogP contribution < -0.4 is 19.9 Å². The zero-order valence-corrected chi connectivity index (χ0v) is 17.8. The van der Waals surface area contributed by atoms with E-state index in [0.717, 1.165) is 16.3 Å². The minimum Gasteiger partial charge on any atom is -0.493 e. The van der Waals surface area contributed by atoms with E-state index in [0.29, 0.717) is 22.8 Å². The summed E-state index contributed by atoms with van der Waals surface area (Å²) in [7, 11) is 4.57. The van der Waals surface area contributed by atoms with Crippen LogP contribution in [-0.4, -0.2) is 27.1 Å². The lowest BCUT2D eigenvalue weighted by atomic mass is 9.83. The lowest BCUT2D eigenvalue weighted by Gasteiger charge is -2.26. The summed E-state index contributed by atoms with van der Waals surface area (Å²) >= 11 is 0. The molecule has 0 fully saturated rings. The average molecular weight is 416 g/mol. The molecule has 154 valence electrons. The van der Waals surface area contributed by atoms with Gasteiger partial charge in [-0.25, -0.2) is 0 Å². The predicted octanol–water partition coefficient (Wildman–Crippen LogP) is 4.73. The topological polar surface area (TPSA) is 70.8 Å². The summed E-state index contributed by atoms with van der Waals surface area (Å²) in [4.78, 5) is 13.1. The molecule has 29 heavy (non-hydrogen) atoms. The van der Waals surface area contributed by atoms with Gasteiger partial charge in [0.05, 0.1) is 21.3 Å². The van der Waals surface area contributed by atoms with Gasteiger partial charge in [-0.15, -0.1) is 12.4 Å². The molecule has 3 aromatic rings. The molecule has 0 unspecified atom stereocenters. The van der Waals surface area contributed by atoms with Crippen molar-refractivity contribution in [3.05, 3.63) is 65.7 Å². The largest absolute Gasteiger partial charge is 0.493 e. The molecular weight excluding hydrogens is 390 g/mol. The summed E-state index contributed by atoms with van der Waals surface area (Å²) in [6.45, 7) is 1.88. The van der Waals surface area contributed by atoms with Crippen molar-refractivity contribution in [2.24, 2.45) is 5.73 Å². The van der Waals surface area contributed by atoms with Crippen LogP contribution in [0.4, 0.5) is 0 Å². The van der Waals surface area contributed by atoms with Crippen LogP contribution in [0.1, 0.15) is 29.3 Å². The molecule has 2 N–H and O–H groups in total. The maximum absolute atomic E-state index is 13.1. The number of rotatable bonds is 7. The first-order chi connectivity index (χ1) is 13.4. The molecule has 0 aromatic heterocycles. The summed E-state index contributed by atoms with van der Waals surface area (Å²) in [5, 5.41) is 2.14. The van der Waals surface area contributed by atoms with E-state index in [2.05, 4.69) is 0 Å². The zero-order valence-electron chi connectivity index (χ0n) is 17.0. The van der Waals surface area contributed by atoms with Gasteiger partial charge in [0.2, 0.25) is 5.75 Å². The third kappa shape index (κ3) is 4.47. The van der Waals surface area contributed by atoms with E-state index in [-0.39, 0.29) is 24.6 Å². The van der Waals surface area contributed by atoms with E-state index in [1.807, 2.05) is 49.4 Å². The van der Waals surface area contributed by atoms with E-state index >= 15 is 0 Å². The van der Waals surface area contributed by atoms with Crippen molar-refractivity contribution in [1.82, 2.24) is 0 Å². The molecule has 0 amide bonds. The first-order valence-electron chi connectivity index (χ1n) is 9.01. The van der Waals surface area contributed by atoms with Gasteiger partial charge in [-0.2, -0.15) is 0 Å². The number of halogens is 1. The number of carbonyl (C=O) groups excluding carboxylic acids is 1. The minimum atomic E-state index is -0.835. The highest BCUT2D eigenvalue weighted by Gasteiger charge is 2.28. The number of benzene rings is 3. The monoisotopic (exact) mass is 415 g/mol. The van der Waals surface area contributed by atoms with Crippen molar-refractivity contribution in [2.45, 2.75) is 18.9 Å². The number of ketones is 1. The predicted molar refractivity (Wildman–Crippen MR) is 118 cm³/mol. The number of Topliss-reactive ketones (excluding diaryl/α,β-unsaturated/α-hetero) is 1. The first-order valence-corrected chi connectivity index (χ1v) is 9.01. The van der Waals surface area contributed by atoms with Crippen LogP contribution in [0.5, 0.6) is 17.2 Å². The number of carbonyl (C=O) groups is 1. The highest BCUT2D eigenvalue weighted by molar-refractivity contribution is 5.98. The highest BCUT2D eigenvalue weighted by atomic mass is 35.5. The zero-order chi connectivity index (χ0) is 20.3. The molecular formula is C23H26ClNO4. The van der Waals surface area contributed by atoms with Gasteiger partial charge in [-0.05, 0) is 35.4 Å². The molecule has 0 saturated heterocycles. The molecule has 3 aromatic carbocycles. The smallest absolute Gasteiger partial charge is 0.203 e. The minimum absolute atomic E-state index is 0. The highest BCUT2D eigenvalue weighted by Crippen LogP contribution is 2.39. The summed E-state index contributed by atoms with van der Waals surface area (Å²) in [5.74, 6) is 1.23. The number of methoxy groups -OCH3 is 3. The summed E-state index contributed by atoms with van der Waals surface area (Å²) < 4.78 is 16.0. The maximum atomic E-state index is 13.1. The second-order valence-corrected chi connectivity index (χ2v) is 6.96. The Morgan fingerprint density at radius 2 is 1.52 bits per heavy atom. The molecule has 5 nitrogen and oxygen atoms in total. The summed E-state index contributed by atoms with van der Waals surface area (Å²) in [6, 6.07) is 17.3. The standard InChI is InChI=1S/C23H25NO4.ClH/c1-23(24,18-11-7-9-15-8-5-6-10-17(15)18)14-19(25)16-12-20(26-2)22(28-4)21(13-16)27-3;/h5-13H,14,24H2,1-4H3;1H/t23-;/m1./s1. The lowest BCUT2D eigenvalue weighted by molar-refractivity contribution is 0.0954. The Morgan fingerprint density at radius 1 is 0.931 bits per heavy atom. The fourth-order valence-electron chi connectivity index (χ4n) is 3.50. The van der Waals surface area contributed by atoms with Gasteiger partial charge in [0.25, 0.3) is 0 Å². The van der Waals surface area contributed by atoms with Crippen LogP contribution in [0.25, 0.3) is 10.8 Å². The fourth-order valence-corrected chi connectivity index (χ4v) is 3.50. The van der Waals surface area contributed by atoms with Gasteiger partial charge in [-0.1, -0.05) is 42.5 Å². The van der Waals surface area contributed by atoms with Crippen LogP contribution in [0, 0.1) is 0 Å². The Morgan fingerprint density at radius 3 is 2.10 bits per heavy atom. The van der Waals surface area contributed by atoms with Gasteiger partial charge in [0.1, 0.15) is 0 Å². The van der Waals surface area contributed by atoms with Crippen molar-refractivity contribution < 1.29 is 19.0 Å². The molecule has 0 radical (unpaired) electrons. The molecule has 0 bridgehead atoms. The van der Waals surface area contributed by atoms with Crippen LogP contribution >= 0.6 is 12.4 Å². The molecule has 0 aliphatic carbocycles. The van der Waals surface area contributed by atoms with Gasteiger partial charge in [0.15, 0.2) is 17.3 Å². The van der Waals surface area contributed by atoms with Crippen LogP contribution in [0.2, 0.25) is 0 Å². The van der Waals surface area contributed by atoms with E-state index < -0.39 is 5.54 Å². The van der Waals surface area contributed by atoms with E-state index in [4.69, 9.17) is 19.9 Å². The van der Waals surface area contributed by atoms with Crippen LogP contribution in [-0.2, 0) is 5.54 Å². The Balaban J connectivity index is 0.00000300. The number of hydrogen-bond acceptors (Lipinski definition) is 5. The molecule has 0 saturated carbocycles. The number of hydrogen-bond donors (Lipinski definition) is 1. The molecule has 0 aliphatic rings. The Hall–Kier alpha value is -2.76. The van der Waals surface area contributed by atoms with Crippen molar-refractivity contribution in [2.75, 3.05) is 21.3 Å². The summed E-state index contributed by atoms with van der Waals surface area (Å²) in [5.41, 5.74) is 7.20. The number of nitrogens with two attached hydrogens (primary N) is 1. The number of fused-ring (bicyclic) bond motifs is 1. The second kappa shape index (κ2) is 9.16. The lowest BCUT2D eigenvalue weighted by Crippen LogP contribution is -2.35. The average Bonchev–Trinajstić information content (AvgIpc) is 2.71.